The van der Waals surface area contributed by atoms with Gasteiger partial charge in [0.2, 0.25) is 5.91 Å². The topological polar surface area (TPSA) is 42.2 Å². The van der Waals surface area contributed by atoms with E-state index in [1.165, 1.54) is 5.56 Å². The van der Waals surface area contributed by atoms with E-state index in [4.69, 9.17) is 4.42 Å². The SMILES string of the molecule is CC(SCc1ccco1)C(=O)Nc1ccc(C(C)C)cc1. The Morgan fingerprint density at radius 2 is 1.90 bits per heavy atom. The Balaban J connectivity index is 1.85. The molecule has 1 amide bonds. The number of hydrogen-bond donors (Lipinski definition) is 1. The van der Waals surface area contributed by atoms with Gasteiger partial charge in [-0.15, -0.1) is 11.8 Å². The summed E-state index contributed by atoms with van der Waals surface area (Å²) in [6, 6.07) is 11.8. The minimum absolute atomic E-state index is 0.0175. The van der Waals surface area contributed by atoms with Crippen molar-refractivity contribution in [1.82, 2.24) is 0 Å². The highest BCUT2D eigenvalue weighted by atomic mass is 32.2. The number of thioether (sulfide) groups is 1. The standard InChI is InChI=1S/C17H21NO2S/c1-12(2)14-6-8-15(9-7-14)18-17(19)13(3)21-11-16-5-4-10-20-16/h4-10,12-13H,11H2,1-3H3,(H,18,19). The van der Waals surface area contributed by atoms with Crippen LogP contribution < -0.4 is 5.32 Å². The molecule has 3 nitrogen and oxygen atoms in total. The molecule has 0 aliphatic rings. The molecule has 0 fully saturated rings. The fourth-order valence-corrected chi connectivity index (χ4v) is 2.66. The van der Waals surface area contributed by atoms with E-state index in [0.717, 1.165) is 11.4 Å². The molecular formula is C17H21NO2S. The van der Waals surface area contributed by atoms with Crippen LogP contribution >= 0.6 is 11.8 Å². The predicted octanol–water partition coefficient (Wildman–Crippen LogP) is 4.66. The molecule has 1 atom stereocenters. The summed E-state index contributed by atoms with van der Waals surface area (Å²) in [5, 5.41) is 2.82. The Labute approximate surface area is 130 Å². The largest absolute Gasteiger partial charge is 0.468 e. The highest BCUT2D eigenvalue weighted by Crippen LogP contribution is 2.21. The van der Waals surface area contributed by atoms with Gasteiger partial charge in [0.1, 0.15) is 5.76 Å². The number of nitrogens with one attached hydrogen (secondary N) is 1. The van der Waals surface area contributed by atoms with Gasteiger partial charge in [-0.25, -0.2) is 0 Å². The average molecular weight is 303 g/mol. The van der Waals surface area contributed by atoms with Crippen molar-refractivity contribution in [2.45, 2.75) is 37.7 Å². The summed E-state index contributed by atoms with van der Waals surface area (Å²) in [7, 11) is 0. The summed E-state index contributed by atoms with van der Waals surface area (Å²) in [4.78, 5) is 12.1. The van der Waals surface area contributed by atoms with Crippen LogP contribution in [0.4, 0.5) is 5.69 Å². The summed E-state index contributed by atoms with van der Waals surface area (Å²) < 4.78 is 5.26. The molecule has 21 heavy (non-hydrogen) atoms. The molecule has 0 aliphatic carbocycles. The Morgan fingerprint density at radius 3 is 2.48 bits per heavy atom. The molecule has 4 heteroatoms. The second kappa shape index (κ2) is 7.36. The van der Waals surface area contributed by atoms with Crippen molar-refractivity contribution >= 4 is 23.4 Å². The maximum atomic E-state index is 12.1. The van der Waals surface area contributed by atoms with E-state index in [1.807, 2.05) is 31.2 Å². The number of rotatable bonds is 6. The average Bonchev–Trinajstić information content (AvgIpc) is 2.98. The number of carbonyl (C=O) groups is 1. The number of amides is 1. The van der Waals surface area contributed by atoms with E-state index in [0.29, 0.717) is 11.7 Å². The van der Waals surface area contributed by atoms with Gasteiger partial charge >= 0.3 is 0 Å². The van der Waals surface area contributed by atoms with Crippen LogP contribution in [0.3, 0.4) is 0 Å². The van der Waals surface area contributed by atoms with Crippen molar-refractivity contribution in [3.63, 3.8) is 0 Å². The first kappa shape index (κ1) is 15.7. The molecular weight excluding hydrogens is 282 g/mol. The van der Waals surface area contributed by atoms with Gasteiger partial charge in [0.05, 0.1) is 17.3 Å². The van der Waals surface area contributed by atoms with Crippen LogP contribution in [0.5, 0.6) is 0 Å². The lowest BCUT2D eigenvalue weighted by atomic mass is 10.0. The Hall–Kier alpha value is -1.68. The van der Waals surface area contributed by atoms with Crippen molar-refractivity contribution < 1.29 is 9.21 Å². The van der Waals surface area contributed by atoms with Gasteiger partial charge in [0.25, 0.3) is 0 Å². The first-order valence-corrected chi connectivity index (χ1v) is 8.16. The van der Waals surface area contributed by atoms with E-state index in [1.54, 1.807) is 18.0 Å². The van der Waals surface area contributed by atoms with Crippen LogP contribution in [-0.4, -0.2) is 11.2 Å². The number of anilines is 1. The number of furan rings is 1. The Morgan fingerprint density at radius 1 is 1.19 bits per heavy atom. The molecule has 2 rings (SSSR count). The van der Waals surface area contributed by atoms with Crippen molar-refractivity contribution in [2.24, 2.45) is 0 Å². The molecule has 0 saturated heterocycles. The number of carbonyl (C=O) groups excluding carboxylic acids is 1. The summed E-state index contributed by atoms with van der Waals surface area (Å²) in [5.74, 6) is 2.11. The summed E-state index contributed by atoms with van der Waals surface area (Å²) in [6.45, 7) is 6.22. The molecule has 2 aromatic rings. The van der Waals surface area contributed by atoms with Gasteiger partial charge in [0.15, 0.2) is 0 Å². The van der Waals surface area contributed by atoms with Gasteiger partial charge < -0.3 is 9.73 Å². The van der Waals surface area contributed by atoms with Crippen LogP contribution in [0, 0.1) is 0 Å². The first-order valence-electron chi connectivity index (χ1n) is 7.11. The zero-order chi connectivity index (χ0) is 15.2. The van der Waals surface area contributed by atoms with Crippen molar-refractivity contribution in [3.05, 3.63) is 54.0 Å². The third-order valence-electron chi connectivity index (χ3n) is 3.27. The van der Waals surface area contributed by atoms with Crippen LogP contribution in [0.2, 0.25) is 0 Å². The fourth-order valence-electron chi connectivity index (χ4n) is 1.87. The van der Waals surface area contributed by atoms with E-state index >= 15 is 0 Å². The van der Waals surface area contributed by atoms with E-state index in [2.05, 4.69) is 31.3 Å². The van der Waals surface area contributed by atoms with Crippen molar-refractivity contribution in [3.8, 4) is 0 Å². The zero-order valence-corrected chi connectivity index (χ0v) is 13.4. The molecule has 1 aromatic carbocycles. The number of hydrogen-bond acceptors (Lipinski definition) is 3. The lowest BCUT2D eigenvalue weighted by Gasteiger charge is -2.12. The summed E-state index contributed by atoms with van der Waals surface area (Å²) in [6.07, 6.45) is 1.65. The Bertz CT molecular complexity index is 561. The molecule has 0 aliphatic heterocycles. The van der Waals surface area contributed by atoms with Crippen LogP contribution in [0.15, 0.2) is 47.1 Å². The third-order valence-corrected chi connectivity index (χ3v) is 4.44. The van der Waals surface area contributed by atoms with Crippen LogP contribution in [-0.2, 0) is 10.5 Å². The maximum Gasteiger partial charge on any atom is 0.237 e. The normalized spacial score (nSPS) is 12.4. The maximum absolute atomic E-state index is 12.1. The molecule has 1 unspecified atom stereocenters. The number of benzene rings is 1. The van der Waals surface area contributed by atoms with E-state index in [-0.39, 0.29) is 11.2 Å². The summed E-state index contributed by atoms with van der Waals surface area (Å²) >= 11 is 1.56. The van der Waals surface area contributed by atoms with Gasteiger partial charge in [-0.1, -0.05) is 26.0 Å². The molecule has 0 bridgehead atoms. The van der Waals surface area contributed by atoms with Gasteiger partial charge in [0, 0.05) is 5.69 Å². The molecule has 0 spiro atoms. The zero-order valence-electron chi connectivity index (χ0n) is 12.6. The predicted molar refractivity (Wildman–Crippen MR) is 88.6 cm³/mol. The van der Waals surface area contributed by atoms with Crippen molar-refractivity contribution in [1.29, 1.82) is 0 Å². The highest BCUT2D eigenvalue weighted by Gasteiger charge is 2.14. The molecule has 112 valence electrons. The van der Waals surface area contributed by atoms with Crippen molar-refractivity contribution in [2.75, 3.05) is 5.32 Å². The lowest BCUT2D eigenvalue weighted by molar-refractivity contribution is -0.115. The second-order valence-corrected chi connectivity index (χ2v) is 6.63. The van der Waals surface area contributed by atoms with E-state index in [9.17, 15) is 4.79 Å². The molecule has 1 aromatic heterocycles. The van der Waals surface area contributed by atoms with Gasteiger partial charge in [-0.3, -0.25) is 4.79 Å². The van der Waals surface area contributed by atoms with Gasteiger partial charge in [-0.2, -0.15) is 0 Å². The first-order chi connectivity index (χ1) is 10.1. The quantitative estimate of drug-likeness (QED) is 0.843. The highest BCUT2D eigenvalue weighted by molar-refractivity contribution is 7.99. The minimum Gasteiger partial charge on any atom is -0.468 e. The molecule has 1 heterocycles. The van der Waals surface area contributed by atoms with Crippen LogP contribution in [0.1, 0.15) is 38.0 Å². The molecule has 0 radical (unpaired) electrons. The lowest BCUT2D eigenvalue weighted by Crippen LogP contribution is -2.22. The smallest absolute Gasteiger partial charge is 0.237 e. The van der Waals surface area contributed by atoms with Crippen LogP contribution in [0.25, 0.3) is 0 Å². The second-order valence-electron chi connectivity index (χ2n) is 5.30. The fraction of sp³-hybridized carbons (Fsp3) is 0.353. The minimum atomic E-state index is -0.125. The van der Waals surface area contributed by atoms with Gasteiger partial charge in [-0.05, 0) is 42.7 Å². The monoisotopic (exact) mass is 303 g/mol. The molecule has 0 saturated carbocycles. The third kappa shape index (κ3) is 4.67. The Kier molecular flexibility index (Phi) is 5.51. The summed E-state index contributed by atoms with van der Waals surface area (Å²) in [5.41, 5.74) is 2.11. The van der Waals surface area contributed by atoms with E-state index < -0.39 is 0 Å². The molecule has 1 N–H and O–H groups in total.